The molecule has 6 nitrogen and oxygen atoms in total. The number of anilines is 1. The maximum atomic E-state index is 12.6. The molecule has 0 heterocycles. The van der Waals surface area contributed by atoms with Gasteiger partial charge in [0.2, 0.25) is 0 Å². The minimum absolute atomic E-state index is 0.0814. The number of likely N-dealkylation sites (N-methyl/N-ethyl adjacent to an activating group) is 1. The molecule has 0 bridgehead atoms. The van der Waals surface area contributed by atoms with Crippen molar-refractivity contribution < 1.29 is 19.8 Å². The van der Waals surface area contributed by atoms with Crippen LogP contribution in [0.15, 0.2) is 47.2 Å². The molecule has 1 aromatic carbocycles. The molecule has 4 aliphatic carbocycles. The van der Waals surface area contributed by atoms with Gasteiger partial charge in [-0.3, -0.25) is 4.79 Å². The number of rotatable bonds is 6. The molecule has 0 aromatic heterocycles. The Morgan fingerprint density at radius 3 is 2.53 bits per heavy atom. The Hall–Kier alpha value is -2.73. The highest BCUT2D eigenvalue weighted by Gasteiger charge is 2.66. The number of benzene rings is 1. The molecular formula is C32H42N2O4. The number of aliphatic hydroxyl groups is 1. The lowest BCUT2D eigenvalue weighted by Gasteiger charge is -2.60. The van der Waals surface area contributed by atoms with Crippen LogP contribution in [0.25, 0.3) is 0 Å². The first-order valence-corrected chi connectivity index (χ1v) is 14.2. The number of nitrogens with one attached hydrogen (secondary N) is 1. The van der Waals surface area contributed by atoms with Crippen LogP contribution >= 0.6 is 0 Å². The first kappa shape index (κ1) is 26.9. The predicted octanol–water partition coefficient (Wildman–Crippen LogP) is 6.25. The molecule has 4 aliphatic rings. The summed E-state index contributed by atoms with van der Waals surface area (Å²) in [6.07, 6.45) is 9.96. The number of ketones is 1. The van der Waals surface area contributed by atoms with Crippen LogP contribution < -0.4 is 4.90 Å². The molecule has 3 saturated carbocycles. The van der Waals surface area contributed by atoms with Gasteiger partial charge < -0.3 is 20.5 Å². The summed E-state index contributed by atoms with van der Waals surface area (Å²) < 4.78 is 0. The molecule has 5 rings (SSSR count). The maximum absolute atomic E-state index is 12.6. The van der Waals surface area contributed by atoms with E-state index in [1.165, 1.54) is 11.8 Å². The number of hydrogen-bond donors (Lipinski definition) is 3. The van der Waals surface area contributed by atoms with Crippen molar-refractivity contribution in [2.75, 3.05) is 11.9 Å². The van der Waals surface area contributed by atoms with Crippen molar-refractivity contribution in [3.8, 4) is 0 Å². The average molecular weight is 519 g/mol. The molecule has 3 fully saturated rings. The van der Waals surface area contributed by atoms with E-state index in [9.17, 15) is 19.8 Å². The fourth-order valence-electron chi connectivity index (χ4n) is 9.19. The van der Waals surface area contributed by atoms with Crippen molar-refractivity contribution in [3.05, 3.63) is 52.7 Å². The van der Waals surface area contributed by atoms with E-state index >= 15 is 0 Å². The van der Waals surface area contributed by atoms with Gasteiger partial charge in [-0.15, -0.1) is 0 Å². The highest BCUT2D eigenvalue weighted by Crippen LogP contribution is 2.69. The van der Waals surface area contributed by atoms with Gasteiger partial charge in [0.25, 0.3) is 0 Å². The van der Waals surface area contributed by atoms with Crippen molar-refractivity contribution >= 4 is 23.7 Å². The lowest BCUT2D eigenvalue weighted by atomic mass is 9.44. The van der Waals surface area contributed by atoms with Gasteiger partial charge in [0.05, 0.1) is 5.56 Å². The minimum Gasteiger partial charge on any atom is -0.478 e. The fourth-order valence-corrected chi connectivity index (χ4v) is 9.19. The van der Waals surface area contributed by atoms with Gasteiger partial charge in [0.15, 0.2) is 5.78 Å². The molecule has 0 spiro atoms. The monoisotopic (exact) mass is 518 g/mol. The third-order valence-electron chi connectivity index (χ3n) is 11.3. The van der Waals surface area contributed by atoms with Crippen LogP contribution in [0.3, 0.4) is 0 Å². The number of carbonyl (C=O) groups excluding carboxylic acids is 1. The normalized spacial score (nSPS) is 38.0. The summed E-state index contributed by atoms with van der Waals surface area (Å²) in [6.45, 7) is 8.37. The van der Waals surface area contributed by atoms with Gasteiger partial charge in [0, 0.05) is 30.1 Å². The van der Waals surface area contributed by atoms with Gasteiger partial charge >= 0.3 is 5.97 Å². The summed E-state index contributed by atoms with van der Waals surface area (Å²) in [5.41, 5.74) is 2.77. The molecule has 0 radical (unpaired) electrons. The number of carboxylic acid groups (broad SMARTS) is 1. The topological polar surface area (TPSA) is 102 Å². The predicted molar refractivity (Wildman–Crippen MR) is 149 cm³/mol. The van der Waals surface area contributed by atoms with Crippen molar-refractivity contribution in [2.24, 2.45) is 34.5 Å². The molecule has 6 heteroatoms. The molecule has 1 aromatic rings. The molecular weight excluding hydrogens is 476 g/mol. The first-order valence-electron chi connectivity index (χ1n) is 14.2. The second-order valence-electron chi connectivity index (χ2n) is 12.8. The summed E-state index contributed by atoms with van der Waals surface area (Å²) in [7, 11) is 1.96. The summed E-state index contributed by atoms with van der Waals surface area (Å²) >= 11 is 0. The Balaban J connectivity index is 1.54. The van der Waals surface area contributed by atoms with Crippen LogP contribution in [0.1, 0.15) is 83.0 Å². The van der Waals surface area contributed by atoms with Crippen molar-refractivity contribution in [2.45, 2.75) is 78.2 Å². The Bertz CT molecular complexity index is 1250. The van der Waals surface area contributed by atoms with E-state index in [1.807, 2.05) is 18.0 Å². The molecule has 0 amide bonds. The lowest BCUT2D eigenvalue weighted by molar-refractivity contribution is -0.160. The van der Waals surface area contributed by atoms with Crippen molar-refractivity contribution in [1.82, 2.24) is 0 Å². The number of nitrogens with zero attached hydrogens (tertiary/aromatic N) is 1. The number of fused-ring (bicyclic) bond motifs is 5. The second kappa shape index (κ2) is 9.18. The zero-order valence-corrected chi connectivity index (χ0v) is 23.4. The Kier molecular flexibility index (Phi) is 6.49. The van der Waals surface area contributed by atoms with Gasteiger partial charge in [-0.05, 0) is 111 Å². The first-order chi connectivity index (χ1) is 17.9. The highest BCUT2D eigenvalue weighted by molar-refractivity contribution is 5.89. The zero-order valence-electron chi connectivity index (χ0n) is 23.4. The molecule has 204 valence electrons. The lowest BCUT2D eigenvalue weighted by Crippen LogP contribution is -2.58. The number of Topliss-reactive ketones (excluding diaryl/α,β-unsaturated/α-hetero) is 1. The van der Waals surface area contributed by atoms with Crippen molar-refractivity contribution in [3.63, 3.8) is 0 Å². The van der Waals surface area contributed by atoms with Gasteiger partial charge in [-0.2, -0.15) is 0 Å². The summed E-state index contributed by atoms with van der Waals surface area (Å²) in [6, 6.07) is 6.97. The van der Waals surface area contributed by atoms with E-state index in [0.717, 1.165) is 55.5 Å². The zero-order chi connectivity index (χ0) is 27.6. The number of carbonyl (C=O) groups is 2. The largest absolute Gasteiger partial charge is 0.478 e. The minimum atomic E-state index is -1.21. The van der Waals surface area contributed by atoms with E-state index in [2.05, 4.69) is 26.8 Å². The third kappa shape index (κ3) is 3.66. The van der Waals surface area contributed by atoms with Crippen LogP contribution in [0, 0.1) is 39.9 Å². The van der Waals surface area contributed by atoms with Crippen molar-refractivity contribution in [1.29, 1.82) is 5.41 Å². The van der Waals surface area contributed by atoms with E-state index in [-0.39, 0.29) is 22.2 Å². The molecule has 7 atom stereocenters. The number of allylic oxidation sites excluding steroid dienone is 3. The molecule has 3 N–H and O–H groups in total. The van der Waals surface area contributed by atoms with Crippen LogP contribution in [0.4, 0.5) is 5.69 Å². The van der Waals surface area contributed by atoms with Crippen LogP contribution in [0.2, 0.25) is 0 Å². The van der Waals surface area contributed by atoms with Gasteiger partial charge in [0.1, 0.15) is 5.60 Å². The molecule has 0 aliphatic heterocycles. The number of aromatic carboxylic acids is 1. The summed E-state index contributed by atoms with van der Waals surface area (Å²) in [5, 5.41) is 29.4. The van der Waals surface area contributed by atoms with E-state index < -0.39 is 11.6 Å². The van der Waals surface area contributed by atoms with Gasteiger partial charge in [-0.1, -0.05) is 32.4 Å². The van der Waals surface area contributed by atoms with Crippen LogP contribution in [0.5, 0.6) is 0 Å². The quantitative estimate of drug-likeness (QED) is 0.386. The smallest absolute Gasteiger partial charge is 0.335 e. The standard InChI is InChI=1S/C32H42N2O4/c1-6-20-15-24-25(10-12-31(4)26(24)11-13-32(31,38)19(2)35)30(3)17-22(18-33)28(16-27(20)30)34(5)23-9-7-8-21(14-23)29(36)37/h7-9,14,16,18,20,24-26,33,38H,6,10-13,15,17H2,1-5H3,(H,36,37)/t20-,24+,25?,26?,30+,31-,32-/m0/s1. The number of carboxylic acids is 1. The van der Waals surface area contributed by atoms with Crippen LogP contribution in [-0.4, -0.2) is 40.8 Å². The Labute approximate surface area is 226 Å². The number of hydrogen-bond acceptors (Lipinski definition) is 5. The second-order valence-corrected chi connectivity index (χ2v) is 12.8. The third-order valence-corrected chi connectivity index (χ3v) is 11.3. The fraction of sp³-hybridized carbons (Fsp3) is 0.594. The Morgan fingerprint density at radius 2 is 1.89 bits per heavy atom. The SMILES string of the molecule is CC[C@H]1C[C@@H]2C(CC[C@@]3(C)C2CC[C@]3(O)C(C)=O)[C@@]2(C)CC(C=N)=C(N(C)c3cccc(C(=O)O)c3)C=C12. The van der Waals surface area contributed by atoms with E-state index in [0.29, 0.717) is 30.1 Å². The highest BCUT2D eigenvalue weighted by atomic mass is 16.4. The van der Waals surface area contributed by atoms with E-state index in [1.54, 1.807) is 25.1 Å². The molecule has 0 saturated heterocycles. The van der Waals surface area contributed by atoms with E-state index in [4.69, 9.17) is 5.41 Å². The molecule has 38 heavy (non-hydrogen) atoms. The summed E-state index contributed by atoms with van der Waals surface area (Å²) in [4.78, 5) is 26.2. The van der Waals surface area contributed by atoms with Crippen LogP contribution in [-0.2, 0) is 4.79 Å². The maximum Gasteiger partial charge on any atom is 0.335 e. The molecule has 2 unspecified atom stereocenters. The summed E-state index contributed by atoms with van der Waals surface area (Å²) in [5.74, 6) is 0.595. The van der Waals surface area contributed by atoms with Gasteiger partial charge in [-0.25, -0.2) is 4.79 Å². The average Bonchev–Trinajstić information content (AvgIpc) is 3.18. The Morgan fingerprint density at radius 1 is 1.18 bits per heavy atom.